The quantitative estimate of drug-likeness (QED) is 0.836. The number of benzene rings is 1. The molecule has 3 saturated heterocycles. The Morgan fingerprint density at radius 1 is 1.15 bits per heavy atom. The third kappa shape index (κ3) is 3.54. The van der Waals surface area contributed by atoms with Crippen LogP contribution in [0.5, 0.6) is 0 Å². The van der Waals surface area contributed by atoms with E-state index in [-0.39, 0.29) is 24.5 Å². The highest BCUT2D eigenvalue weighted by Crippen LogP contribution is 2.36. The molecule has 0 bridgehead atoms. The second kappa shape index (κ2) is 7.35. The summed E-state index contributed by atoms with van der Waals surface area (Å²) >= 11 is 0. The fourth-order valence-electron chi connectivity index (χ4n) is 4.16. The van der Waals surface area contributed by atoms with Gasteiger partial charge in [0.15, 0.2) is 11.6 Å². The number of nitrogens with two attached hydrogens (primary N) is 1. The van der Waals surface area contributed by atoms with Crippen molar-refractivity contribution in [2.45, 2.75) is 18.9 Å². The maximum Gasteiger partial charge on any atom is 0.414 e. The van der Waals surface area contributed by atoms with E-state index in [1.54, 1.807) is 4.90 Å². The number of cyclic esters (lactones) is 1. The van der Waals surface area contributed by atoms with Gasteiger partial charge in [-0.3, -0.25) is 9.11 Å². The molecule has 0 radical (unpaired) electrons. The topological polar surface area (TPSA) is 75.9 Å². The third-order valence-electron chi connectivity index (χ3n) is 5.77. The lowest BCUT2D eigenvalue weighted by molar-refractivity contribution is 0.145. The second-order valence-corrected chi connectivity index (χ2v) is 9.01. The standard InChI is InChI=1S/C18H23F2N3O3S/c19-15-5-13(23-8-14(7-21)26-18(23)24)6-16(20)17(15)22-3-1-11(2-4-22)12-9-27(25)10-12/h5-6,11-12,14H,1-4,7-10,21H2. The number of halogens is 2. The van der Waals surface area contributed by atoms with Crippen LogP contribution in [0.15, 0.2) is 12.1 Å². The van der Waals surface area contributed by atoms with Gasteiger partial charge in [0.25, 0.3) is 0 Å². The first-order chi connectivity index (χ1) is 13.0. The van der Waals surface area contributed by atoms with Crippen molar-refractivity contribution in [1.29, 1.82) is 0 Å². The summed E-state index contributed by atoms with van der Waals surface area (Å²) in [4.78, 5) is 14.8. The number of hydrogen-bond donors (Lipinski definition) is 1. The average Bonchev–Trinajstić information content (AvgIpc) is 3.00. The lowest BCUT2D eigenvalue weighted by Gasteiger charge is -2.40. The number of piperidine rings is 1. The van der Waals surface area contributed by atoms with E-state index in [1.807, 2.05) is 0 Å². The molecule has 1 unspecified atom stereocenters. The van der Waals surface area contributed by atoms with Crippen LogP contribution in [0.1, 0.15) is 12.8 Å². The summed E-state index contributed by atoms with van der Waals surface area (Å²) in [5.74, 6) is 1.13. The van der Waals surface area contributed by atoms with E-state index < -0.39 is 34.6 Å². The molecule has 4 rings (SSSR count). The molecule has 1 aromatic rings. The van der Waals surface area contributed by atoms with Crippen molar-refractivity contribution in [2.24, 2.45) is 17.6 Å². The smallest absolute Gasteiger partial charge is 0.414 e. The van der Waals surface area contributed by atoms with Crippen LogP contribution in [0.3, 0.4) is 0 Å². The normalized spacial score (nSPS) is 29.0. The highest BCUT2D eigenvalue weighted by molar-refractivity contribution is 7.86. The van der Waals surface area contributed by atoms with Crippen molar-refractivity contribution in [1.82, 2.24) is 0 Å². The maximum atomic E-state index is 14.7. The number of carbonyl (C=O) groups is 1. The fraction of sp³-hybridized carbons (Fsp3) is 0.611. The molecule has 0 saturated carbocycles. The van der Waals surface area contributed by atoms with Crippen LogP contribution in [0, 0.1) is 23.5 Å². The molecule has 27 heavy (non-hydrogen) atoms. The molecule has 3 aliphatic rings. The predicted octanol–water partition coefficient (Wildman–Crippen LogP) is 1.84. The van der Waals surface area contributed by atoms with E-state index >= 15 is 0 Å². The summed E-state index contributed by atoms with van der Waals surface area (Å²) in [5, 5.41) is 0. The van der Waals surface area contributed by atoms with Crippen molar-refractivity contribution < 1.29 is 22.5 Å². The van der Waals surface area contributed by atoms with Gasteiger partial charge in [0.1, 0.15) is 11.8 Å². The summed E-state index contributed by atoms with van der Waals surface area (Å²) in [6.45, 7) is 1.49. The van der Waals surface area contributed by atoms with Crippen molar-refractivity contribution >= 4 is 28.3 Å². The Morgan fingerprint density at radius 3 is 2.30 bits per heavy atom. The Hall–Kier alpha value is -1.74. The minimum Gasteiger partial charge on any atom is -0.443 e. The van der Waals surface area contributed by atoms with Gasteiger partial charge >= 0.3 is 6.09 Å². The van der Waals surface area contributed by atoms with Crippen LogP contribution in [0.25, 0.3) is 0 Å². The van der Waals surface area contributed by atoms with Crippen LogP contribution in [-0.2, 0) is 15.5 Å². The number of nitrogens with zero attached hydrogens (tertiary/aromatic N) is 2. The summed E-state index contributed by atoms with van der Waals surface area (Å²) < 4.78 is 45.8. The molecule has 3 fully saturated rings. The third-order valence-corrected chi connectivity index (χ3v) is 7.37. The fourth-order valence-corrected chi connectivity index (χ4v) is 5.56. The summed E-state index contributed by atoms with van der Waals surface area (Å²) in [7, 11) is -0.670. The summed E-state index contributed by atoms with van der Waals surface area (Å²) in [6.07, 6.45) is 0.581. The summed E-state index contributed by atoms with van der Waals surface area (Å²) in [6, 6.07) is 2.36. The molecule has 148 valence electrons. The zero-order chi connectivity index (χ0) is 19.1. The molecule has 9 heteroatoms. The zero-order valence-electron chi connectivity index (χ0n) is 14.9. The van der Waals surface area contributed by atoms with Crippen LogP contribution in [-0.4, -0.2) is 54.1 Å². The number of hydrogen-bond acceptors (Lipinski definition) is 5. The van der Waals surface area contributed by atoms with Gasteiger partial charge in [-0.2, -0.15) is 0 Å². The van der Waals surface area contributed by atoms with E-state index in [4.69, 9.17) is 10.5 Å². The molecule has 3 aliphatic heterocycles. The molecular weight excluding hydrogens is 376 g/mol. The predicted molar refractivity (Wildman–Crippen MR) is 99.3 cm³/mol. The van der Waals surface area contributed by atoms with E-state index in [9.17, 15) is 17.8 Å². The molecule has 0 aromatic heterocycles. The lowest BCUT2D eigenvalue weighted by atomic mass is 9.86. The number of carbonyl (C=O) groups excluding carboxylic acids is 1. The van der Waals surface area contributed by atoms with Gasteiger partial charge in [-0.05, 0) is 24.7 Å². The van der Waals surface area contributed by atoms with Crippen LogP contribution in [0.2, 0.25) is 0 Å². The molecule has 3 heterocycles. The average molecular weight is 399 g/mol. The largest absolute Gasteiger partial charge is 0.443 e. The van der Waals surface area contributed by atoms with E-state index in [1.165, 1.54) is 17.0 Å². The molecular formula is C18H23F2N3O3S. The highest BCUT2D eigenvalue weighted by Gasteiger charge is 2.36. The Balaban J connectivity index is 1.46. The van der Waals surface area contributed by atoms with E-state index in [0.29, 0.717) is 24.9 Å². The first-order valence-corrected chi connectivity index (χ1v) is 10.7. The van der Waals surface area contributed by atoms with E-state index in [0.717, 1.165) is 24.3 Å². The van der Waals surface area contributed by atoms with Gasteiger partial charge < -0.3 is 15.4 Å². The monoisotopic (exact) mass is 399 g/mol. The maximum absolute atomic E-state index is 14.7. The minimum atomic E-state index is -0.683. The Bertz CT molecular complexity index is 739. The lowest BCUT2D eigenvalue weighted by Crippen LogP contribution is -2.43. The van der Waals surface area contributed by atoms with Gasteiger partial charge in [-0.15, -0.1) is 0 Å². The Labute approximate surface area is 159 Å². The first-order valence-electron chi connectivity index (χ1n) is 9.23. The van der Waals surface area contributed by atoms with Crippen molar-refractivity contribution in [3.8, 4) is 0 Å². The molecule has 1 aromatic carbocycles. The van der Waals surface area contributed by atoms with Crippen LogP contribution in [0.4, 0.5) is 25.0 Å². The van der Waals surface area contributed by atoms with Crippen molar-refractivity contribution in [2.75, 3.05) is 47.5 Å². The van der Waals surface area contributed by atoms with Gasteiger partial charge in [-0.25, -0.2) is 13.6 Å². The molecule has 0 spiro atoms. The first kappa shape index (κ1) is 18.6. The summed E-state index contributed by atoms with van der Waals surface area (Å²) in [5.41, 5.74) is 5.59. The zero-order valence-corrected chi connectivity index (χ0v) is 15.7. The molecule has 0 aliphatic carbocycles. The highest BCUT2D eigenvalue weighted by atomic mass is 32.2. The molecule has 2 N–H and O–H groups in total. The molecule has 1 amide bonds. The van der Waals surface area contributed by atoms with Crippen molar-refractivity contribution in [3.05, 3.63) is 23.8 Å². The van der Waals surface area contributed by atoms with Crippen molar-refractivity contribution in [3.63, 3.8) is 0 Å². The van der Waals surface area contributed by atoms with Crippen LogP contribution >= 0.6 is 0 Å². The minimum absolute atomic E-state index is 0.0441. The van der Waals surface area contributed by atoms with Gasteiger partial charge in [0, 0.05) is 54.1 Å². The Kier molecular flexibility index (Phi) is 5.07. The number of ether oxygens (including phenoxy) is 1. The van der Waals surface area contributed by atoms with Gasteiger partial charge in [0.05, 0.1) is 12.2 Å². The number of rotatable bonds is 4. The van der Waals surface area contributed by atoms with Crippen LogP contribution < -0.4 is 15.5 Å². The second-order valence-electron chi connectivity index (χ2n) is 7.47. The molecule has 1 atom stereocenters. The molecule has 6 nitrogen and oxygen atoms in total. The Morgan fingerprint density at radius 2 is 1.78 bits per heavy atom. The number of amides is 1. The van der Waals surface area contributed by atoms with Gasteiger partial charge in [-0.1, -0.05) is 0 Å². The number of anilines is 2. The van der Waals surface area contributed by atoms with Gasteiger partial charge in [0.2, 0.25) is 0 Å². The SMILES string of the molecule is NCC1CN(c2cc(F)c(N3CCC(C4CS(=O)C4)CC3)c(F)c2)C(=O)O1. The van der Waals surface area contributed by atoms with E-state index in [2.05, 4.69) is 0 Å².